The number of rotatable bonds is 3. The number of benzene rings is 1. The normalized spacial score (nSPS) is 9.79. The minimum atomic E-state index is -0.625. The summed E-state index contributed by atoms with van der Waals surface area (Å²) >= 11 is 0. The van der Waals surface area contributed by atoms with Crippen LogP contribution in [0.2, 0.25) is 0 Å². The Bertz CT molecular complexity index is 561. The van der Waals surface area contributed by atoms with Crippen LogP contribution in [0.15, 0.2) is 42.7 Å². The molecule has 0 spiro atoms. The highest BCUT2D eigenvalue weighted by molar-refractivity contribution is 6.00. The van der Waals surface area contributed by atoms with Crippen molar-refractivity contribution in [1.82, 2.24) is 9.97 Å². The molecule has 3 N–H and O–H groups in total. The lowest BCUT2D eigenvalue weighted by Crippen LogP contribution is -2.22. The Morgan fingerprint density at radius 3 is 2.53 bits per heavy atom. The van der Waals surface area contributed by atoms with Crippen LogP contribution in [-0.2, 0) is 0 Å². The Morgan fingerprint density at radius 1 is 1.16 bits per heavy atom. The number of urea groups is 1. The van der Waals surface area contributed by atoms with Gasteiger partial charge in [0, 0.05) is 12.4 Å². The molecule has 0 fully saturated rings. The number of nitrogens with one attached hydrogen (secondary N) is 2. The highest BCUT2D eigenvalue weighted by Gasteiger charge is 2.07. The first kappa shape index (κ1) is 12.7. The van der Waals surface area contributed by atoms with Gasteiger partial charge < -0.3 is 15.8 Å². The van der Waals surface area contributed by atoms with E-state index in [0.717, 1.165) is 0 Å². The number of hydrogen-bond acceptors (Lipinski definition) is 6. The van der Waals surface area contributed by atoms with E-state index in [-0.39, 0.29) is 22.5 Å². The number of nitrogens with zero attached hydrogens (tertiary/aromatic N) is 3. The summed E-state index contributed by atoms with van der Waals surface area (Å²) in [5, 5.41) is 24.2. The molecule has 1 heterocycles. The molecule has 0 bridgehead atoms. The third-order valence-corrected chi connectivity index (χ3v) is 2.15. The first-order valence-electron chi connectivity index (χ1n) is 5.27. The van der Waals surface area contributed by atoms with Gasteiger partial charge in [0.2, 0.25) is 5.95 Å². The SMILES string of the molecule is O=C(Nc1ncccn1)Nc1ccccc1N([O-])O. The van der Waals surface area contributed by atoms with Gasteiger partial charge >= 0.3 is 6.03 Å². The van der Waals surface area contributed by atoms with E-state index in [9.17, 15) is 10.0 Å². The Morgan fingerprint density at radius 2 is 1.84 bits per heavy atom. The van der Waals surface area contributed by atoms with Crippen molar-refractivity contribution in [2.24, 2.45) is 0 Å². The molecular weight excluding hydrogens is 250 g/mol. The summed E-state index contributed by atoms with van der Waals surface area (Å²) in [6, 6.07) is 6.99. The highest BCUT2D eigenvalue weighted by atomic mass is 16.8. The number of hydrogen-bond donors (Lipinski definition) is 3. The molecule has 98 valence electrons. The Hall–Kier alpha value is -2.71. The second kappa shape index (κ2) is 5.76. The highest BCUT2D eigenvalue weighted by Crippen LogP contribution is 2.23. The quantitative estimate of drug-likeness (QED) is 0.725. The maximum atomic E-state index is 11.7. The van der Waals surface area contributed by atoms with Crippen molar-refractivity contribution in [2.45, 2.75) is 0 Å². The van der Waals surface area contributed by atoms with Gasteiger partial charge in [-0.1, -0.05) is 12.1 Å². The molecule has 0 unspecified atom stereocenters. The Balaban J connectivity index is 2.07. The molecule has 2 amide bonds. The molecule has 1 aromatic carbocycles. The van der Waals surface area contributed by atoms with E-state index < -0.39 is 6.03 Å². The molecule has 0 radical (unpaired) electrons. The maximum absolute atomic E-state index is 11.7. The van der Waals surface area contributed by atoms with Crippen molar-refractivity contribution >= 4 is 23.4 Å². The summed E-state index contributed by atoms with van der Waals surface area (Å²) < 4.78 is 0. The maximum Gasteiger partial charge on any atom is 0.326 e. The van der Waals surface area contributed by atoms with Crippen LogP contribution in [0.25, 0.3) is 0 Å². The molecule has 0 saturated heterocycles. The van der Waals surface area contributed by atoms with E-state index in [0.29, 0.717) is 0 Å². The average molecular weight is 260 g/mol. The van der Waals surface area contributed by atoms with Crippen LogP contribution >= 0.6 is 0 Å². The molecule has 8 nitrogen and oxygen atoms in total. The summed E-state index contributed by atoms with van der Waals surface area (Å²) in [5.74, 6) is 0.125. The topological polar surface area (TPSA) is 113 Å². The lowest BCUT2D eigenvalue weighted by atomic mass is 10.3. The van der Waals surface area contributed by atoms with E-state index in [1.807, 2.05) is 0 Å². The molecule has 2 rings (SSSR count). The first-order chi connectivity index (χ1) is 9.16. The largest absolute Gasteiger partial charge is 0.733 e. The molecule has 2 aromatic rings. The standard InChI is InChI=1S/C11H10N5O3/c17-11(15-10-12-6-3-7-13-10)14-8-4-1-2-5-9(8)16(18)19/h1-7,18H,(H2,12,13,14,15,17)/q-1. The van der Waals surface area contributed by atoms with Gasteiger partial charge in [0.15, 0.2) is 0 Å². The van der Waals surface area contributed by atoms with Crippen LogP contribution in [-0.4, -0.2) is 21.2 Å². The van der Waals surface area contributed by atoms with E-state index >= 15 is 0 Å². The smallest absolute Gasteiger partial charge is 0.326 e. The van der Waals surface area contributed by atoms with Gasteiger partial charge in [0.05, 0.1) is 11.4 Å². The van der Waals surface area contributed by atoms with Gasteiger partial charge in [-0.3, -0.25) is 10.5 Å². The minimum absolute atomic E-state index is 0.0772. The molecular formula is C11H10N5O3-. The van der Waals surface area contributed by atoms with Gasteiger partial charge in [-0.2, -0.15) is 0 Å². The number of amides is 2. The molecule has 0 aliphatic rings. The molecule has 0 atom stereocenters. The van der Waals surface area contributed by atoms with Crippen LogP contribution < -0.4 is 15.9 Å². The lowest BCUT2D eigenvalue weighted by Gasteiger charge is -2.24. The molecule has 8 heteroatoms. The van der Waals surface area contributed by atoms with E-state index in [1.54, 1.807) is 18.2 Å². The minimum Gasteiger partial charge on any atom is -0.733 e. The lowest BCUT2D eigenvalue weighted by molar-refractivity contribution is 0.262. The predicted molar refractivity (Wildman–Crippen MR) is 68.7 cm³/mol. The van der Waals surface area contributed by atoms with E-state index in [4.69, 9.17) is 5.21 Å². The van der Waals surface area contributed by atoms with Crippen molar-refractivity contribution in [1.29, 1.82) is 0 Å². The Labute approximate surface area is 108 Å². The van der Waals surface area contributed by atoms with Crippen molar-refractivity contribution in [3.05, 3.63) is 47.9 Å². The van der Waals surface area contributed by atoms with Gasteiger partial charge in [-0.25, -0.2) is 14.8 Å². The van der Waals surface area contributed by atoms with Crippen molar-refractivity contribution in [3.63, 3.8) is 0 Å². The molecule has 1 aromatic heterocycles. The number of para-hydroxylation sites is 2. The molecule has 0 aliphatic heterocycles. The third-order valence-electron chi connectivity index (χ3n) is 2.15. The first-order valence-corrected chi connectivity index (χ1v) is 5.27. The summed E-state index contributed by atoms with van der Waals surface area (Å²) in [6.45, 7) is 0. The van der Waals surface area contributed by atoms with Gasteiger partial charge in [-0.15, -0.1) is 0 Å². The number of carbonyl (C=O) groups is 1. The van der Waals surface area contributed by atoms with Crippen molar-refractivity contribution < 1.29 is 10.0 Å². The summed E-state index contributed by atoms with van der Waals surface area (Å²) in [5.41, 5.74) is 0.0834. The number of anilines is 3. The second-order valence-corrected chi connectivity index (χ2v) is 3.44. The monoisotopic (exact) mass is 260 g/mol. The van der Waals surface area contributed by atoms with Crippen LogP contribution in [0, 0.1) is 5.21 Å². The predicted octanol–water partition coefficient (Wildman–Crippen LogP) is 1.81. The van der Waals surface area contributed by atoms with Crippen molar-refractivity contribution in [2.75, 3.05) is 15.9 Å². The van der Waals surface area contributed by atoms with Crippen LogP contribution in [0.4, 0.5) is 22.1 Å². The van der Waals surface area contributed by atoms with Crippen LogP contribution in [0.3, 0.4) is 0 Å². The van der Waals surface area contributed by atoms with Gasteiger partial charge in [0.25, 0.3) is 0 Å². The van der Waals surface area contributed by atoms with Gasteiger partial charge in [-0.05, 0) is 18.2 Å². The second-order valence-electron chi connectivity index (χ2n) is 3.44. The fourth-order valence-corrected chi connectivity index (χ4v) is 1.36. The Kier molecular flexibility index (Phi) is 3.86. The van der Waals surface area contributed by atoms with Crippen LogP contribution in [0.5, 0.6) is 0 Å². The number of carbonyl (C=O) groups excluding carboxylic acids is 1. The van der Waals surface area contributed by atoms with E-state index in [1.165, 1.54) is 24.5 Å². The zero-order valence-electron chi connectivity index (χ0n) is 9.65. The third kappa shape index (κ3) is 3.37. The fraction of sp³-hybridized carbons (Fsp3) is 0. The zero-order chi connectivity index (χ0) is 13.7. The summed E-state index contributed by atoms with van der Waals surface area (Å²) in [7, 11) is 0. The number of aromatic nitrogens is 2. The summed E-state index contributed by atoms with van der Waals surface area (Å²) in [6.07, 6.45) is 2.95. The van der Waals surface area contributed by atoms with Crippen LogP contribution in [0.1, 0.15) is 0 Å². The van der Waals surface area contributed by atoms with Crippen molar-refractivity contribution in [3.8, 4) is 0 Å². The molecule has 0 saturated carbocycles. The zero-order valence-corrected chi connectivity index (χ0v) is 9.65. The molecule has 0 aliphatic carbocycles. The summed E-state index contributed by atoms with van der Waals surface area (Å²) in [4.78, 5) is 19.3. The molecule has 19 heavy (non-hydrogen) atoms. The fourth-order valence-electron chi connectivity index (χ4n) is 1.36. The van der Waals surface area contributed by atoms with Gasteiger partial charge in [0.1, 0.15) is 0 Å². The van der Waals surface area contributed by atoms with E-state index in [2.05, 4.69) is 20.6 Å². The average Bonchev–Trinajstić information content (AvgIpc) is 2.40.